The summed E-state index contributed by atoms with van der Waals surface area (Å²) in [5.74, 6) is 1.31. The first-order valence-electron chi connectivity index (χ1n) is 8.99. The van der Waals surface area contributed by atoms with E-state index in [1.54, 1.807) is 18.4 Å². The van der Waals surface area contributed by atoms with Crippen LogP contribution in [0.2, 0.25) is 5.02 Å². The monoisotopic (exact) mass is 417 g/mol. The molecule has 0 bridgehead atoms. The summed E-state index contributed by atoms with van der Waals surface area (Å²) in [5, 5.41) is 1.48. The largest absolute Gasteiger partial charge is 0.493 e. The molecule has 1 aliphatic heterocycles. The molecule has 1 aliphatic rings. The van der Waals surface area contributed by atoms with E-state index in [1.165, 1.54) is 0 Å². The molecular weight excluding hydrogens is 398 g/mol. The van der Waals surface area contributed by atoms with Crippen molar-refractivity contribution in [1.29, 1.82) is 0 Å². The highest BCUT2D eigenvalue weighted by atomic mass is 35.5. The van der Waals surface area contributed by atoms with Gasteiger partial charge in [-0.25, -0.2) is 4.98 Å². The van der Waals surface area contributed by atoms with Gasteiger partial charge in [-0.1, -0.05) is 41.1 Å². The maximum Gasteiger partial charge on any atom is 0.260 e. The van der Waals surface area contributed by atoms with Crippen molar-refractivity contribution in [2.45, 2.75) is 0 Å². The Bertz CT molecular complexity index is 971. The van der Waals surface area contributed by atoms with Crippen molar-refractivity contribution in [3.63, 3.8) is 0 Å². The number of hydrogen-bond acceptors (Lipinski definition) is 6. The topological polar surface area (TPSA) is 54.9 Å². The maximum absolute atomic E-state index is 12.4. The SMILES string of the molecule is COc1c(Cl)ccc2sc(N3CCN(C(=O)COc4ccccc4)CC3)nc12. The Balaban J connectivity index is 1.37. The van der Waals surface area contributed by atoms with Gasteiger partial charge in [-0.2, -0.15) is 0 Å². The van der Waals surface area contributed by atoms with Gasteiger partial charge in [-0.3, -0.25) is 4.79 Å². The molecule has 0 unspecified atom stereocenters. The fourth-order valence-corrected chi connectivity index (χ4v) is 4.41. The van der Waals surface area contributed by atoms with Crippen LogP contribution in [0.4, 0.5) is 5.13 Å². The number of methoxy groups -OCH3 is 1. The number of hydrogen-bond donors (Lipinski definition) is 0. The second kappa shape index (κ2) is 8.24. The van der Waals surface area contributed by atoms with Gasteiger partial charge in [0.05, 0.1) is 16.8 Å². The molecule has 0 saturated carbocycles. The second-order valence-electron chi connectivity index (χ2n) is 6.39. The zero-order chi connectivity index (χ0) is 19.5. The molecule has 1 amide bonds. The van der Waals surface area contributed by atoms with Gasteiger partial charge in [0.15, 0.2) is 17.5 Å². The van der Waals surface area contributed by atoms with Crippen molar-refractivity contribution in [1.82, 2.24) is 9.88 Å². The first kappa shape index (κ1) is 18.8. The molecule has 3 aromatic rings. The number of aromatic nitrogens is 1. The molecule has 8 heteroatoms. The van der Waals surface area contributed by atoms with E-state index in [9.17, 15) is 4.79 Å². The van der Waals surface area contributed by atoms with E-state index in [0.29, 0.717) is 29.6 Å². The summed E-state index contributed by atoms with van der Waals surface area (Å²) in [5.41, 5.74) is 0.782. The van der Waals surface area contributed by atoms with Crippen LogP contribution < -0.4 is 14.4 Å². The van der Waals surface area contributed by atoms with Gasteiger partial charge in [-0.15, -0.1) is 0 Å². The normalized spacial score (nSPS) is 14.4. The van der Waals surface area contributed by atoms with E-state index < -0.39 is 0 Å². The highest BCUT2D eigenvalue weighted by Gasteiger charge is 2.24. The molecule has 0 atom stereocenters. The molecule has 1 saturated heterocycles. The first-order chi connectivity index (χ1) is 13.7. The number of para-hydroxylation sites is 1. The summed E-state index contributed by atoms with van der Waals surface area (Å²) >= 11 is 7.80. The standard InChI is InChI=1S/C20H20ClN3O3S/c1-26-19-15(21)7-8-16-18(19)22-20(28-16)24-11-9-23(10-12-24)17(25)13-27-14-5-3-2-4-6-14/h2-8H,9-13H2,1H3. The molecule has 2 heterocycles. The van der Waals surface area contributed by atoms with Crippen molar-refractivity contribution >= 4 is 44.2 Å². The van der Waals surface area contributed by atoms with Crippen LogP contribution in [0.25, 0.3) is 10.2 Å². The number of benzene rings is 2. The van der Waals surface area contributed by atoms with Gasteiger partial charge < -0.3 is 19.3 Å². The third-order valence-corrected chi connectivity index (χ3v) is 6.05. The van der Waals surface area contributed by atoms with Gasteiger partial charge in [0.25, 0.3) is 5.91 Å². The predicted octanol–water partition coefficient (Wildman–Crippen LogP) is 3.69. The summed E-state index contributed by atoms with van der Waals surface area (Å²) in [6, 6.07) is 13.2. The number of halogens is 1. The van der Waals surface area contributed by atoms with Crippen LogP contribution in [0.1, 0.15) is 0 Å². The molecule has 2 aromatic carbocycles. The summed E-state index contributed by atoms with van der Waals surface area (Å²) in [4.78, 5) is 21.2. The molecule has 146 valence electrons. The predicted molar refractivity (Wildman–Crippen MR) is 112 cm³/mol. The van der Waals surface area contributed by atoms with Crippen LogP contribution in [-0.4, -0.2) is 55.7 Å². The van der Waals surface area contributed by atoms with Crippen molar-refractivity contribution in [3.05, 3.63) is 47.5 Å². The highest BCUT2D eigenvalue weighted by molar-refractivity contribution is 7.22. The molecule has 0 N–H and O–H groups in total. The molecule has 1 fully saturated rings. The molecule has 6 nitrogen and oxygen atoms in total. The minimum Gasteiger partial charge on any atom is -0.493 e. The second-order valence-corrected chi connectivity index (χ2v) is 7.81. The highest BCUT2D eigenvalue weighted by Crippen LogP contribution is 2.38. The molecule has 28 heavy (non-hydrogen) atoms. The van der Waals surface area contributed by atoms with Gasteiger partial charge in [-0.05, 0) is 24.3 Å². The number of anilines is 1. The summed E-state index contributed by atoms with van der Waals surface area (Å²) in [6.45, 7) is 2.80. The van der Waals surface area contributed by atoms with Gasteiger partial charge in [0.1, 0.15) is 11.3 Å². The zero-order valence-corrected chi connectivity index (χ0v) is 17.0. The van der Waals surface area contributed by atoms with Gasteiger partial charge in [0.2, 0.25) is 0 Å². The van der Waals surface area contributed by atoms with E-state index in [0.717, 1.165) is 28.4 Å². The third kappa shape index (κ3) is 3.86. The number of carbonyl (C=O) groups is 1. The summed E-state index contributed by atoms with van der Waals surface area (Å²) in [7, 11) is 1.60. The van der Waals surface area contributed by atoms with E-state index in [-0.39, 0.29) is 12.5 Å². The zero-order valence-electron chi connectivity index (χ0n) is 15.4. The van der Waals surface area contributed by atoms with E-state index in [4.69, 9.17) is 26.1 Å². The Kier molecular flexibility index (Phi) is 5.54. The Morgan fingerprint density at radius 3 is 2.61 bits per heavy atom. The fraction of sp³-hybridized carbons (Fsp3) is 0.300. The average Bonchev–Trinajstić information content (AvgIpc) is 3.17. The lowest BCUT2D eigenvalue weighted by molar-refractivity contribution is -0.133. The third-order valence-electron chi connectivity index (χ3n) is 4.67. The Hall–Kier alpha value is -2.51. The molecule has 4 rings (SSSR count). The van der Waals surface area contributed by atoms with E-state index in [2.05, 4.69) is 4.90 Å². The van der Waals surface area contributed by atoms with Crippen LogP contribution >= 0.6 is 22.9 Å². The minimum atomic E-state index is 0.00116. The van der Waals surface area contributed by atoms with E-state index in [1.807, 2.05) is 47.4 Å². The van der Waals surface area contributed by atoms with Gasteiger partial charge >= 0.3 is 0 Å². The number of thiazole rings is 1. The lowest BCUT2D eigenvalue weighted by Gasteiger charge is -2.34. The maximum atomic E-state index is 12.4. The minimum absolute atomic E-state index is 0.00116. The molecular formula is C20H20ClN3O3S. The van der Waals surface area contributed by atoms with E-state index >= 15 is 0 Å². The van der Waals surface area contributed by atoms with Crippen molar-refractivity contribution < 1.29 is 14.3 Å². The Morgan fingerprint density at radius 1 is 1.14 bits per heavy atom. The number of amides is 1. The van der Waals surface area contributed by atoms with Crippen LogP contribution in [-0.2, 0) is 4.79 Å². The Morgan fingerprint density at radius 2 is 1.89 bits per heavy atom. The quantitative estimate of drug-likeness (QED) is 0.633. The smallest absolute Gasteiger partial charge is 0.260 e. The van der Waals surface area contributed by atoms with Crippen LogP contribution in [0.15, 0.2) is 42.5 Å². The number of fused-ring (bicyclic) bond motifs is 1. The Labute approximate surface area is 172 Å². The van der Waals surface area contributed by atoms with Crippen LogP contribution in [0.5, 0.6) is 11.5 Å². The molecule has 0 radical (unpaired) electrons. The number of nitrogens with zero attached hydrogens (tertiary/aromatic N) is 3. The lowest BCUT2D eigenvalue weighted by atomic mass is 10.3. The molecule has 0 aliphatic carbocycles. The van der Waals surface area contributed by atoms with Crippen molar-refractivity contribution in [3.8, 4) is 11.5 Å². The summed E-state index contributed by atoms with van der Waals surface area (Å²) < 4.78 is 12.0. The number of ether oxygens (including phenoxy) is 2. The lowest BCUT2D eigenvalue weighted by Crippen LogP contribution is -2.50. The number of piperazine rings is 1. The molecule has 1 aromatic heterocycles. The fourth-order valence-electron chi connectivity index (χ4n) is 3.16. The van der Waals surface area contributed by atoms with Crippen molar-refractivity contribution in [2.24, 2.45) is 0 Å². The summed E-state index contributed by atoms with van der Waals surface area (Å²) in [6.07, 6.45) is 0. The molecule has 0 spiro atoms. The number of rotatable bonds is 5. The average molecular weight is 418 g/mol. The van der Waals surface area contributed by atoms with Gasteiger partial charge in [0, 0.05) is 26.2 Å². The van der Waals surface area contributed by atoms with Crippen LogP contribution in [0.3, 0.4) is 0 Å². The van der Waals surface area contributed by atoms with Crippen molar-refractivity contribution in [2.75, 3.05) is 44.8 Å². The number of carbonyl (C=O) groups excluding carboxylic acids is 1. The first-order valence-corrected chi connectivity index (χ1v) is 10.2. The van der Waals surface area contributed by atoms with Crippen LogP contribution in [0, 0.1) is 0 Å².